The number of amidine groups is 1. The number of hydrogen-bond donors (Lipinski definition) is 2. The molecular formula is C16H22ClN3O2. The summed E-state index contributed by atoms with van der Waals surface area (Å²) in [6.45, 7) is 5.46. The van der Waals surface area contributed by atoms with E-state index in [-0.39, 0.29) is 0 Å². The van der Waals surface area contributed by atoms with Gasteiger partial charge < -0.3 is 4.74 Å². The predicted molar refractivity (Wildman–Crippen MR) is 88.1 cm³/mol. The van der Waals surface area contributed by atoms with E-state index in [1.54, 1.807) is 0 Å². The summed E-state index contributed by atoms with van der Waals surface area (Å²) < 4.78 is 5.19. The zero-order chi connectivity index (χ0) is 16.2. The van der Waals surface area contributed by atoms with E-state index >= 15 is 0 Å². The van der Waals surface area contributed by atoms with Gasteiger partial charge in [0.05, 0.1) is 6.04 Å². The number of carbonyl (C=O) groups is 1. The molecule has 1 aliphatic rings. The number of aliphatic imine (C=N–C) groups is 1. The summed E-state index contributed by atoms with van der Waals surface area (Å²) in [7, 11) is 0. The molecule has 0 bridgehead atoms. The molecule has 0 aliphatic heterocycles. The molecule has 0 aromatic heterocycles. The first-order chi connectivity index (χ1) is 10.3. The predicted octanol–water partition coefficient (Wildman–Crippen LogP) is 3.47. The van der Waals surface area contributed by atoms with Gasteiger partial charge in [0.2, 0.25) is 0 Å². The fourth-order valence-electron chi connectivity index (χ4n) is 1.77. The zero-order valence-electron chi connectivity index (χ0n) is 13.1. The fraction of sp³-hybridized carbons (Fsp3) is 0.500. The van der Waals surface area contributed by atoms with E-state index in [1.165, 1.54) is 0 Å². The molecule has 0 atom stereocenters. The maximum absolute atomic E-state index is 11.7. The van der Waals surface area contributed by atoms with Crippen molar-refractivity contribution < 1.29 is 9.53 Å². The molecule has 0 spiro atoms. The second-order valence-electron chi connectivity index (χ2n) is 6.36. The SMILES string of the molecule is CC(C)(C)OC(=O)NNC(Cc1ccc(Cl)cc1)=NC1CC1. The molecule has 1 aromatic carbocycles. The molecule has 2 N–H and O–H groups in total. The summed E-state index contributed by atoms with van der Waals surface area (Å²) in [4.78, 5) is 16.3. The number of hydrogen-bond acceptors (Lipinski definition) is 3. The molecule has 1 aliphatic carbocycles. The van der Waals surface area contributed by atoms with E-state index in [4.69, 9.17) is 16.3 Å². The Morgan fingerprint density at radius 1 is 1.27 bits per heavy atom. The summed E-state index contributed by atoms with van der Waals surface area (Å²) in [5.74, 6) is 0.718. The smallest absolute Gasteiger partial charge is 0.426 e. The van der Waals surface area contributed by atoms with Crippen molar-refractivity contribution in [3.05, 3.63) is 34.9 Å². The maximum atomic E-state index is 11.7. The number of nitrogens with one attached hydrogen (secondary N) is 2. The molecule has 2 rings (SSSR count). The van der Waals surface area contributed by atoms with Crippen molar-refractivity contribution in [3.63, 3.8) is 0 Å². The molecule has 6 heteroatoms. The van der Waals surface area contributed by atoms with Gasteiger partial charge in [-0.25, -0.2) is 10.2 Å². The molecule has 22 heavy (non-hydrogen) atoms. The highest BCUT2D eigenvalue weighted by molar-refractivity contribution is 6.30. The second-order valence-corrected chi connectivity index (χ2v) is 6.80. The first-order valence-corrected chi connectivity index (χ1v) is 7.76. The highest BCUT2D eigenvalue weighted by atomic mass is 35.5. The summed E-state index contributed by atoms with van der Waals surface area (Å²) in [6, 6.07) is 7.93. The molecular weight excluding hydrogens is 302 g/mol. The van der Waals surface area contributed by atoms with Crippen LogP contribution in [0.5, 0.6) is 0 Å². The summed E-state index contributed by atoms with van der Waals surface area (Å²) in [6.07, 6.45) is 2.27. The summed E-state index contributed by atoms with van der Waals surface area (Å²) in [5, 5.41) is 0.698. The average Bonchev–Trinajstić information content (AvgIpc) is 3.20. The van der Waals surface area contributed by atoms with Gasteiger partial charge in [-0.15, -0.1) is 0 Å². The number of ether oxygens (including phenoxy) is 1. The first-order valence-electron chi connectivity index (χ1n) is 7.38. The van der Waals surface area contributed by atoms with Gasteiger partial charge in [0, 0.05) is 11.4 Å². The number of carbonyl (C=O) groups excluding carboxylic acids is 1. The molecule has 5 nitrogen and oxygen atoms in total. The third-order valence-electron chi connectivity index (χ3n) is 2.88. The van der Waals surface area contributed by atoms with Gasteiger partial charge in [0.25, 0.3) is 0 Å². The minimum Gasteiger partial charge on any atom is -0.443 e. The Hall–Kier alpha value is -1.75. The van der Waals surface area contributed by atoms with Crippen LogP contribution >= 0.6 is 11.6 Å². The lowest BCUT2D eigenvalue weighted by Crippen LogP contribution is -2.45. The van der Waals surface area contributed by atoms with Crippen LogP contribution in [0, 0.1) is 0 Å². The van der Waals surface area contributed by atoms with Crippen molar-refractivity contribution in [3.8, 4) is 0 Å². The Bertz CT molecular complexity index is 546. The number of benzene rings is 1. The highest BCUT2D eigenvalue weighted by Crippen LogP contribution is 2.23. The van der Waals surface area contributed by atoms with Gasteiger partial charge in [-0.2, -0.15) is 0 Å². The zero-order valence-corrected chi connectivity index (χ0v) is 13.9. The first kappa shape index (κ1) is 16.6. The van der Waals surface area contributed by atoms with Crippen LogP contribution in [0.1, 0.15) is 39.2 Å². The van der Waals surface area contributed by atoms with Crippen LogP contribution in [-0.4, -0.2) is 23.6 Å². The van der Waals surface area contributed by atoms with E-state index in [2.05, 4.69) is 15.8 Å². The van der Waals surface area contributed by atoms with E-state index < -0.39 is 11.7 Å². The number of amides is 1. The highest BCUT2D eigenvalue weighted by Gasteiger charge is 2.22. The summed E-state index contributed by atoms with van der Waals surface area (Å²) in [5.41, 5.74) is 5.94. The average molecular weight is 324 g/mol. The monoisotopic (exact) mass is 323 g/mol. The third-order valence-corrected chi connectivity index (χ3v) is 3.13. The molecule has 120 valence electrons. The van der Waals surface area contributed by atoms with Gasteiger partial charge >= 0.3 is 6.09 Å². The van der Waals surface area contributed by atoms with Crippen molar-refractivity contribution in [1.82, 2.24) is 10.9 Å². The van der Waals surface area contributed by atoms with Crippen LogP contribution in [0.3, 0.4) is 0 Å². The number of rotatable bonds is 3. The van der Waals surface area contributed by atoms with Crippen molar-refractivity contribution >= 4 is 23.5 Å². The van der Waals surface area contributed by atoms with Crippen molar-refractivity contribution in [2.24, 2.45) is 4.99 Å². The van der Waals surface area contributed by atoms with Gasteiger partial charge in [-0.05, 0) is 51.3 Å². The van der Waals surface area contributed by atoms with E-state index in [0.717, 1.165) is 24.2 Å². The van der Waals surface area contributed by atoms with E-state index in [1.807, 2.05) is 45.0 Å². The third kappa shape index (κ3) is 6.35. The molecule has 0 radical (unpaired) electrons. The molecule has 0 unspecified atom stereocenters. The Morgan fingerprint density at radius 3 is 2.45 bits per heavy atom. The lowest BCUT2D eigenvalue weighted by Gasteiger charge is -2.20. The van der Waals surface area contributed by atoms with Gasteiger partial charge in [-0.1, -0.05) is 23.7 Å². The normalized spacial score (nSPS) is 15.4. The lowest BCUT2D eigenvalue weighted by molar-refractivity contribution is 0.0512. The standard InChI is InChI=1S/C16H22ClN3O2/c1-16(2,3)22-15(21)20-19-14(18-13-8-9-13)10-11-4-6-12(17)7-5-11/h4-7,13H,8-10H2,1-3H3,(H,18,19)(H,20,21). The van der Waals surface area contributed by atoms with Crippen molar-refractivity contribution in [2.75, 3.05) is 0 Å². The lowest BCUT2D eigenvalue weighted by atomic mass is 10.1. The van der Waals surface area contributed by atoms with Crippen LogP contribution in [-0.2, 0) is 11.2 Å². The van der Waals surface area contributed by atoms with E-state index in [9.17, 15) is 4.79 Å². The van der Waals surface area contributed by atoms with Crippen molar-refractivity contribution in [1.29, 1.82) is 0 Å². The molecule has 0 heterocycles. The van der Waals surface area contributed by atoms with E-state index in [0.29, 0.717) is 17.5 Å². The Balaban J connectivity index is 1.92. The van der Waals surface area contributed by atoms with Crippen LogP contribution < -0.4 is 10.9 Å². The van der Waals surface area contributed by atoms with Gasteiger partial charge in [-0.3, -0.25) is 10.4 Å². The number of hydrazine groups is 1. The molecule has 1 fully saturated rings. The molecule has 0 saturated heterocycles. The minimum atomic E-state index is -0.532. The molecule has 1 saturated carbocycles. The Morgan fingerprint density at radius 2 is 1.91 bits per heavy atom. The molecule has 1 amide bonds. The largest absolute Gasteiger partial charge is 0.443 e. The number of nitrogens with zero attached hydrogens (tertiary/aromatic N) is 1. The van der Waals surface area contributed by atoms with Gasteiger partial charge in [0.15, 0.2) is 0 Å². The quantitative estimate of drug-likeness (QED) is 0.508. The minimum absolute atomic E-state index is 0.357. The molecule has 1 aromatic rings. The fourth-order valence-corrected chi connectivity index (χ4v) is 1.89. The maximum Gasteiger partial charge on any atom is 0.426 e. The van der Waals surface area contributed by atoms with Crippen LogP contribution in [0.2, 0.25) is 5.02 Å². The topological polar surface area (TPSA) is 62.7 Å². The number of halogens is 1. The van der Waals surface area contributed by atoms with Crippen LogP contribution in [0.4, 0.5) is 4.79 Å². The van der Waals surface area contributed by atoms with Crippen molar-refractivity contribution in [2.45, 2.75) is 51.7 Å². The Kier molecular flexibility index (Phi) is 5.29. The van der Waals surface area contributed by atoms with Crippen LogP contribution in [0.15, 0.2) is 29.3 Å². The second kappa shape index (κ2) is 7.01. The Labute approximate surface area is 136 Å². The van der Waals surface area contributed by atoms with Crippen LogP contribution in [0.25, 0.3) is 0 Å². The summed E-state index contributed by atoms with van der Waals surface area (Å²) >= 11 is 5.89. The van der Waals surface area contributed by atoms with Gasteiger partial charge in [0.1, 0.15) is 11.4 Å².